The molecule has 2 aliphatic heterocycles. The van der Waals surface area contributed by atoms with Crippen LogP contribution in [0, 0.1) is 11.6 Å². The molecule has 10 heteroatoms. The van der Waals surface area contributed by atoms with E-state index in [4.69, 9.17) is 22.1 Å². The van der Waals surface area contributed by atoms with E-state index in [2.05, 4.69) is 14.9 Å². The molecular weight excluding hydrogens is 512 g/mol. The number of piperidine rings is 1. The SMILES string of the molecule is Nc1ncc(-c2cccc(C(=O)N3CCC(N4CCCC4)CC3)c2)nc1OCCc1c(F)ccc(F)c1Cl. The molecular formula is C28H30ClF2N5O2. The molecule has 5 rings (SSSR count). The number of hydrogen-bond acceptors (Lipinski definition) is 6. The Balaban J connectivity index is 1.24. The van der Waals surface area contributed by atoms with Gasteiger partial charge in [-0.2, -0.15) is 0 Å². The van der Waals surface area contributed by atoms with Gasteiger partial charge in [-0.05, 0) is 63.0 Å². The van der Waals surface area contributed by atoms with Crippen molar-refractivity contribution < 1.29 is 18.3 Å². The summed E-state index contributed by atoms with van der Waals surface area (Å²) in [5.74, 6) is -1.19. The Morgan fingerprint density at radius 2 is 1.82 bits per heavy atom. The van der Waals surface area contributed by atoms with Crippen molar-refractivity contribution in [3.63, 3.8) is 0 Å². The minimum Gasteiger partial charge on any atom is -0.475 e. The highest BCUT2D eigenvalue weighted by atomic mass is 35.5. The Morgan fingerprint density at radius 1 is 1.08 bits per heavy atom. The molecule has 1 amide bonds. The van der Waals surface area contributed by atoms with E-state index in [0.29, 0.717) is 22.9 Å². The molecule has 1 aromatic heterocycles. The molecule has 7 nitrogen and oxygen atoms in total. The van der Waals surface area contributed by atoms with Crippen molar-refractivity contribution in [1.82, 2.24) is 19.8 Å². The van der Waals surface area contributed by atoms with Crippen molar-refractivity contribution in [2.24, 2.45) is 0 Å². The maximum atomic E-state index is 14.1. The predicted octanol–water partition coefficient (Wildman–Crippen LogP) is 4.98. The lowest BCUT2D eigenvalue weighted by molar-refractivity contribution is 0.0644. The van der Waals surface area contributed by atoms with Crippen molar-refractivity contribution in [1.29, 1.82) is 0 Å². The number of anilines is 1. The summed E-state index contributed by atoms with van der Waals surface area (Å²) < 4.78 is 33.4. The maximum absolute atomic E-state index is 14.1. The number of nitrogen functional groups attached to an aromatic ring is 1. The van der Waals surface area contributed by atoms with Crippen LogP contribution in [0.1, 0.15) is 41.6 Å². The summed E-state index contributed by atoms with van der Waals surface area (Å²) in [5, 5.41) is -0.275. The van der Waals surface area contributed by atoms with E-state index in [9.17, 15) is 13.6 Å². The number of nitrogens with two attached hydrogens (primary N) is 1. The van der Waals surface area contributed by atoms with E-state index in [-0.39, 0.29) is 41.2 Å². The molecule has 0 saturated carbocycles. The summed E-state index contributed by atoms with van der Waals surface area (Å²) in [7, 11) is 0. The second-order valence-electron chi connectivity index (χ2n) is 9.71. The van der Waals surface area contributed by atoms with Gasteiger partial charge in [0.25, 0.3) is 11.8 Å². The van der Waals surface area contributed by atoms with Crippen LogP contribution in [0.2, 0.25) is 5.02 Å². The van der Waals surface area contributed by atoms with E-state index in [0.717, 1.165) is 38.1 Å². The molecule has 0 radical (unpaired) electrons. The first kappa shape index (κ1) is 26.3. The number of carbonyl (C=O) groups excluding carboxylic acids is 1. The van der Waals surface area contributed by atoms with Crippen molar-refractivity contribution in [3.05, 3.63) is 70.4 Å². The van der Waals surface area contributed by atoms with E-state index >= 15 is 0 Å². The fourth-order valence-corrected chi connectivity index (χ4v) is 5.46. The lowest BCUT2D eigenvalue weighted by Crippen LogP contribution is -2.45. The van der Waals surface area contributed by atoms with Gasteiger partial charge in [-0.15, -0.1) is 0 Å². The molecule has 0 bridgehead atoms. The van der Waals surface area contributed by atoms with E-state index in [1.54, 1.807) is 12.1 Å². The van der Waals surface area contributed by atoms with Gasteiger partial charge in [-0.1, -0.05) is 23.7 Å². The molecule has 2 aliphatic rings. The van der Waals surface area contributed by atoms with E-state index in [1.165, 1.54) is 32.1 Å². The average molecular weight is 542 g/mol. The first-order chi connectivity index (χ1) is 18.4. The monoisotopic (exact) mass is 541 g/mol. The molecule has 2 N–H and O–H groups in total. The van der Waals surface area contributed by atoms with Crippen LogP contribution < -0.4 is 10.5 Å². The first-order valence-corrected chi connectivity index (χ1v) is 13.3. The van der Waals surface area contributed by atoms with Crippen LogP contribution in [0.15, 0.2) is 42.6 Å². The third-order valence-corrected chi connectivity index (χ3v) is 7.72. The molecule has 2 aromatic carbocycles. The second kappa shape index (κ2) is 11.6. The molecule has 2 fully saturated rings. The number of benzene rings is 2. The largest absolute Gasteiger partial charge is 0.475 e. The fourth-order valence-electron chi connectivity index (χ4n) is 5.21. The second-order valence-corrected chi connectivity index (χ2v) is 10.1. The molecule has 2 saturated heterocycles. The minimum atomic E-state index is -0.699. The van der Waals surface area contributed by atoms with E-state index in [1.807, 2.05) is 17.0 Å². The number of hydrogen-bond donors (Lipinski definition) is 1. The van der Waals surface area contributed by atoms with Gasteiger partial charge in [0.05, 0.1) is 23.5 Å². The van der Waals surface area contributed by atoms with Crippen molar-refractivity contribution in [2.75, 3.05) is 38.5 Å². The van der Waals surface area contributed by atoms with Gasteiger partial charge in [-0.25, -0.2) is 18.7 Å². The Kier molecular flexibility index (Phi) is 8.04. The number of halogens is 3. The number of likely N-dealkylation sites (tertiary alicyclic amines) is 2. The van der Waals surface area contributed by atoms with Crippen LogP contribution in [0.5, 0.6) is 5.88 Å². The van der Waals surface area contributed by atoms with Crippen LogP contribution in [-0.4, -0.2) is 64.5 Å². The fraction of sp³-hybridized carbons (Fsp3) is 0.393. The number of aromatic nitrogens is 2. The molecule has 0 aliphatic carbocycles. The number of nitrogens with zero attached hydrogens (tertiary/aromatic N) is 4. The lowest BCUT2D eigenvalue weighted by atomic mass is 10.0. The third kappa shape index (κ3) is 5.73. The average Bonchev–Trinajstić information content (AvgIpc) is 3.49. The van der Waals surface area contributed by atoms with Gasteiger partial charge in [0.2, 0.25) is 0 Å². The highest BCUT2D eigenvalue weighted by molar-refractivity contribution is 6.31. The zero-order valence-corrected chi connectivity index (χ0v) is 21.8. The van der Waals surface area contributed by atoms with Gasteiger partial charge in [0.1, 0.15) is 11.6 Å². The van der Waals surface area contributed by atoms with Crippen molar-refractivity contribution >= 4 is 23.3 Å². The summed E-state index contributed by atoms with van der Waals surface area (Å²) in [4.78, 5) is 26.4. The molecule has 0 unspecified atom stereocenters. The smallest absolute Gasteiger partial charge is 0.257 e. The van der Waals surface area contributed by atoms with Gasteiger partial charge >= 0.3 is 0 Å². The topological polar surface area (TPSA) is 84.6 Å². The van der Waals surface area contributed by atoms with Gasteiger partial charge < -0.3 is 20.3 Å². The van der Waals surface area contributed by atoms with Crippen molar-refractivity contribution in [2.45, 2.75) is 38.1 Å². The number of amides is 1. The molecule has 3 heterocycles. The Labute approximate surface area is 225 Å². The maximum Gasteiger partial charge on any atom is 0.257 e. The molecule has 200 valence electrons. The van der Waals surface area contributed by atoms with Crippen LogP contribution in [0.4, 0.5) is 14.6 Å². The Hall–Kier alpha value is -3.30. The summed E-state index contributed by atoms with van der Waals surface area (Å²) >= 11 is 5.89. The predicted molar refractivity (Wildman–Crippen MR) is 142 cm³/mol. The summed E-state index contributed by atoms with van der Waals surface area (Å²) in [6.45, 7) is 3.81. The highest BCUT2D eigenvalue weighted by Gasteiger charge is 2.28. The molecule has 38 heavy (non-hydrogen) atoms. The van der Waals surface area contributed by atoms with Crippen molar-refractivity contribution in [3.8, 4) is 17.1 Å². The number of carbonyl (C=O) groups is 1. The minimum absolute atomic E-state index is 0.000554. The van der Waals surface area contributed by atoms with Crippen LogP contribution in [0.25, 0.3) is 11.3 Å². The number of ether oxygens (including phenoxy) is 1. The Bertz CT molecular complexity index is 1310. The normalized spacial score (nSPS) is 16.7. The molecule has 0 spiro atoms. The van der Waals surface area contributed by atoms with Gasteiger partial charge in [0.15, 0.2) is 5.82 Å². The first-order valence-electron chi connectivity index (χ1n) is 12.9. The summed E-state index contributed by atoms with van der Waals surface area (Å²) in [6.07, 6.45) is 6.07. The summed E-state index contributed by atoms with van der Waals surface area (Å²) in [6, 6.07) is 9.82. The molecule has 0 atom stereocenters. The number of rotatable bonds is 7. The third-order valence-electron chi connectivity index (χ3n) is 7.31. The summed E-state index contributed by atoms with van der Waals surface area (Å²) in [5.41, 5.74) is 7.71. The Morgan fingerprint density at radius 3 is 2.58 bits per heavy atom. The highest BCUT2D eigenvalue weighted by Crippen LogP contribution is 2.27. The van der Waals surface area contributed by atoms with Crippen LogP contribution >= 0.6 is 11.6 Å². The van der Waals surface area contributed by atoms with Gasteiger partial charge in [-0.3, -0.25) is 4.79 Å². The molecule has 3 aromatic rings. The van der Waals surface area contributed by atoms with Crippen LogP contribution in [-0.2, 0) is 6.42 Å². The standard InChI is InChI=1S/C28H30ClF2N5O2/c29-25-21(22(30)6-7-23(25)31)10-15-38-27-26(32)33-17-24(34-27)18-4-3-5-19(16-18)28(37)36-13-8-20(9-14-36)35-11-1-2-12-35/h3-7,16-17,20H,1-2,8-15H2,(H2,32,33). The zero-order chi connectivity index (χ0) is 26.6. The lowest BCUT2D eigenvalue weighted by Gasteiger charge is -2.36. The van der Waals surface area contributed by atoms with Crippen LogP contribution in [0.3, 0.4) is 0 Å². The quantitative estimate of drug-likeness (QED) is 0.425. The van der Waals surface area contributed by atoms with E-state index < -0.39 is 11.6 Å². The van der Waals surface area contributed by atoms with Gasteiger partial charge in [0, 0.05) is 42.2 Å². The zero-order valence-electron chi connectivity index (χ0n) is 21.0.